The first kappa shape index (κ1) is 51.5. The lowest BCUT2D eigenvalue weighted by molar-refractivity contribution is -0.870. The van der Waals surface area contributed by atoms with Gasteiger partial charge in [0.25, 0.3) is 0 Å². The highest BCUT2D eigenvalue weighted by Crippen LogP contribution is 2.43. The van der Waals surface area contributed by atoms with E-state index in [1.165, 1.54) is 89.9 Å². The van der Waals surface area contributed by atoms with Gasteiger partial charge >= 0.3 is 7.82 Å². The molecule has 0 aromatic heterocycles. The molecular formula is C44H84N2O6P+. The number of aliphatic hydroxyl groups is 1. The molecule has 0 bridgehead atoms. The van der Waals surface area contributed by atoms with Crippen LogP contribution in [0, 0.1) is 0 Å². The Balaban J connectivity index is 4.48. The fourth-order valence-electron chi connectivity index (χ4n) is 5.88. The van der Waals surface area contributed by atoms with Crippen molar-refractivity contribution < 1.29 is 32.9 Å². The van der Waals surface area contributed by atoms with Gasteiger partial charge in [-0.25, -0.2) is 4.57 Å². The number of likely N-dealkylation sites (N-methyl/N-ethyl adjacent to an activating group) is 1. The summed E-state index contributed by atoms with van der Waals surface area (Å²) >= 11 is 0. The molecule has 0 aliphatic carbocycles. The third kappa shape index (κ3) is 38.5. The van der Waals surface area contributed by atoms with Gasteiger partial charge in [-0.05, 0) is 51.4 Å². The Hall–Kier alpha value is -1.54. The van der Waals surface area contributed by atoms with Crippen molar-refractivity contribution in [3.63, 3.8) is 0 Å². The van der Waals surface area contributed by atoms with Gasteiger partial charge in [0, 0.05) is 6.42 Å². The van der Waals surface area contributed by atoms with Crippen molar-refractivity contribution in [2.75, 3.05) is 40.9 Å². The number of amides is 1. The lowest BCUT2D eigenvalue weighted by Gasteiger charge is -2.25. The minimum Gasteiger partial charge on any atom is -0.387 e. The van der Waals surface area contributed by atoms with Gasteiger partial charge < -0.3 is 19.8 Å². The number of nitrogens with zero attached hydrogens (tertiary/aromatic N) is 1. The first-order valence-electron chi connectivity index (χ1n) is 21.5. The van der Waals surface area contributed by atoms with Crippen molar-refractivity contribution in [3.05, 3.63) is 48.6 Å². The van der Waals surface area contributed by atoms with Crippen molar-refractivity contribution in [1.82, 2.24) is 5.32 Å². The lowest BCUT2D eigenvalue weighted by Crippen LogP contribution is -2.45. The molecule has 9 heteroatoms. The molecule has 0 radical (unpaired) electrons. The summed E-state index contributed by atoms with van der Waals surface area (Å²) in [5, 5.41) is 13.8. The highest BCUT2D eigenvalue weighted by molar-refractivity contribution is 7.47. The van der Waals surface area contributed by atoms with Crippen LogP contribution in [0.4, 0.5) is 0 Å². The topological polar surface area (TPSA) is 105 Å². The number of carbonyl (C=O) groups is 1. The maximum absolute atomic E-state index is 12.8. The largest absolute Gasteiger partial charge is 0.472 e. The number of carbonyl (C=O) groups excluding carboxylic acids is 1. The van der Waals surface area contributed by atoms with E-state index in [1.807, 2.05) is 27.2 Å². The monoisotopic (exact) mass is 768 g/mol. The van der Waals surface area contributed by atoms with Crippen LogP contribution >= 0.6 is 7.82 Å². The smallest absolute Gasteiger partial charge is 0.387 e. The van der Waals surface area contributed by atoms with E-state index < -0.39 is 20.0 Å². The number of aliphatic hydroxyl groups excluding tert-OH is 1. The van der Waals surface area contributed by atoms with Crippen molar-refractivity contribution in [1.29, 1.82) is 0 Å². The standard InChI is InChI=1S/C44H83N2O6P/c1-6-8-10-12-14-16-18-20-21-22-23-24-26-27-29-31-33-35-37-43(47)42(41-52-53(49,50)51-40-39-46(3,4)5)45-44(48)38-36-34-32-30-28-25-19-17-15-13-11-9-7-2/h9,11,15,17,25,28,35,37,42-43,47H,6-8,10,12-14,16,18-24,26-27,29-34,36,38-41H2,1-5H3,(H-,45,48,49,50)/p+1/b11-9-,17-15-,28-25-,37-35+. The number of phosphoric acid groups is 1. The van der Waals surface area contributed by atoms with Gasteiger partial charge in [-0.3, -0.25) is 13.8 Å². The molecule has 3 atom stereocenters. The summed E-state index contributed by atoms with van der Waals surface area (Å²) in [4.78, 5) is 23.0. The molecule has 3 N–H and O–H groups in total. The maximum Gasteiger partial charge on any atom is 0.472 e. The fraction of sp³-hybridized carbons (Fsp3) is 0.795. The van der Waals surface area contributed by atoms with Crippen molar-refractivity contribution in [2.45, 2.75) is 187 Å². The minimum absolute atomic E-state index is 0.0542. The van der Waals surface area contributed by atoms with Gasteiger partial charge in [0.1, 0.15) is 13.2 Å². The molecule has 3 unspecified atom stereocenters. The van der Waals surface area contributed by atoms with E-state index in [2.05, 4.69) is 55.6 Å². The van der Waals surface area contributed by atoms with Gasteiger partial charge in [0.2, 0.25) is 5.91 Å². The molecule has 0 saturated carbocycles. The van der Waals surface area contributed by atoms with Gasteiger partial charge in [-0.1, -0.05) is 165 Å². The minimum atomic E-state index is -4.34. The van der Waals surface area contributed by atoms with E-state index in [9.17, 15) is 19.4 Å². The Bertz CT molecular complexity index is 1010. The van der Waals surface area contributed by atoms with E-state index >= 15 is 0 Å². The van der Waals surface area contributed by atoms with Crippen molar-refractivity contribution >= 4 is 13.7 Å². The SMILES string of the molecule is CC/C=C\C/C=C\C/C=C\CCCCCC(=O)NC(COP(=O)(O)OCC[N+](C)(C)C)C(O)/C=C/CCCCCCCCCCCCCCCCCC. The van der Waals surface area contributed by atoms with Crippen LogP contribution in [0.5, 0.6) is 0 Å². The quantitative estimate of drug-likeness (QED) is 0.0250. The summed E-state index contributed by atoms with van der Waals surface area (Å²) in [5.41, 5.74) is 0. The van der Waals surface area contributed by atoms with E-state index in [0.29, 0.717) is 17.4 Å². The molecule has 1 amide bonds. The summed E-state index contributed by atoms with van der Waals surface area (Å²) < 4.78 is 23.5. The second-order valence-electron chi connectivity index (χ2n) is 15.7. The second kappa shape index (κ2) is 36.1. The van der Waals surface area contributed by atoms with Crippen LogP contribution in [0.25, 0.3) is 0 Å². The second-order valence-corrected chi connectivity index (χ2v) is 17.1. The molecule has 0 saturated heterocycles. The summed E-state index contributed by atoms with van der Waals surface area (Å²) in [6.45, 7) is 4.66. The van der Waals surface area contributed by atoms with Gasteiger partial charge in [0.15, 0.2) is 0 Å². The lowest BCUT2D eigenvalue weighted by atomic mass is 10.0. The number of hydrogen-bond acceptors (Lipinski definition) is 5. The molecule has 0 fully saturated rings. The van der Waals surface area contributed by atoms with Crippen molar-refractivity contribution in [2.24, 2.45) is 0 Å². The Labute approximate surface area is 327 Å². The average Bonchev–Trinajstić information content (AvgIpc) is 3.10. The number of nitrogens with one attached hydrogen (secondary N) is 1. The maximum atomic E-state index is 12.8. The Kier molecular flexibility index (Phi) is 35.1. The predicted molar refractivity (Wildman–Crippen MR) is 226 cm³/mol. The number of unbranched alkanes of at least 4 members (excludes halogenated alkanes) is 19. The van der Waals surface area contributed by atoms with Gasteiger partial charge in [-0.15, -0.1) is 0 Å². The molecule has 0 aromatic carbocycles. The number of rotatable bonds is 38. The molecule has 310 valence electrons. The van der Waals surface area contributed by atoms with Crippen LogP contribution in [0.15, 0.2) is 48.6 Å². The van der Waals surface area contributed by atoms with Crippen LogP contribution in [0.1, 0.15) is 174 Å². The van der Waals surface area contributed by atoms with E-state index in [0.717, 1.165) is 64.2 Å². The normalized spacial score (nSPS) is 14.9. The van der Waals surface area contributed by atoms with Crippen LogP contribution in [0.3, 0.4) is 0 Å². The zero-order chi connectivity index (χ0) is 39.3. The summed E-state index contributed by atoms with van der Waals surface area (Å²) in [6, 6.07) is -0.861. The van der Waals surface area contributed by atoms with Crippen LogP contribution < -0.4 is 5.32 Å². The Morgan fingerprint density at radius 1 is 0.660 bits per heavy atom. The summed E-state index contributed by atoms with van der Waals surface area (Å²) in [7, 11) is 1.55. The Morgan fingerprint density at radius 3 is 1.66 bits per heavy atom. The third-order valence-corrected chi connectivity index (χ3v) is 10.3. The van der Waals surface area contributed by atoms with Crippen LogP contribution in [-0.2, 0) is 18.4 Å². The average molecular weight is 768 g/mol. The molecule has 0 aliphatic rings. The fourth-order valence-corrected chi connectivity index (χ4v) is 6.61. The molecule has 53 heavy (non-hydrogen) atoms. The molecule has 8 nitrogen and oxygen atoms in total. The molecule has 0 aromatic rings. The van der Waals surface area contributed by atoms with Crippen molar-refractivity contribution in [3.8, 4) is 0 Å². The first-order valence-corrected chi connectivity index (χ1v) is 23.0. The molecule has 0 aliphatic heterocycles. The van der Waals surface area contributed by atoms with E-state index in [4.69, 9.17) is 9.05 Å². The number of phosphoric ester groups is 1. The predicted octanol–water partition coefficient (Wildman–Crippen LogP) is 11.7. The van der Waals surface area contributed by atoms with Gasteiger partial charge in [0.05, 0.1) is 39.9 Å². The molecule has 0 rings (SSSR count). The van der Waals surface area contributed by atoms with E-state index in [-0.39, 0.29) is 19.1 Å². The zero-order valence-electron chi connectivity index (χ0n) is 35.0. The highest BCUT2D eigenvalue weighted by Gasteiger charge is 2.27. The molecule has 0 heterocycles. The van der Waals surface area contributed by atoms with Gasteiger partial charge in [-0.2, -0.15) is 0 Å². The summed E-state index contributed by atoms with van der Waals surface area (Å²) in [6.07, 6.45) is 44.7. The zero-order valence-corrected chi connectivity index (χ0v) is 35.9. The first-order chi connectivity index (χ1) is 25.5. The third-order valence-electron chi connectivity index (χ3n) is 9.30. The number of quaternary nitrogens is 1. The van der Waals surface area contributed by atoms with E-state index in [1.54, 1.807) is 6.08 Å². The molecule has 0 spiro atoms. The Morgan fingerprint density at radius 2 is 1.13 bits per heavy atom. The number of allylic oxidation sites excluding steroid dienone is 7. The van der Waals surface area contributed by atoms with Crippen LogP contribution in [0.2, 0.25) is 0 Å². The highest BCUT2D eigenvalue weighted by atomic mass is 31.2. The van der Waals surface area contributed by atoms with Crippen LogP contribution in [-0.4, -0.2) is 73.4 Å². The molecular weight excluding hydrogens is 683 g/mol. The summed E-state index contributed by atoms with van der Waals surface area (Å²) in [5.74, 6) is -0.208. The number of hydrogen-bond donors (Lipinski definition) is 3.